The fourth-order valence-electron chi connectivity index (χ4n) is 1.52. The first-order valence-corrected chi connectivity index (χ1v) is 5.00. The van der Waals surface area contributed by atoms with E-state index in [1.165, 1.54) is 5.57 Å². The Kier molecular flexibility index (Phi) is 3.19. The molecule has 0 fully saturated rings. The number of halogens is 1. The lowest BCUT2D eigenvalue weighted by atomic mass is 9.87. The van der Waals surface area contributed by atoms with E-state index in [0.717, 1.165) is 25.7 Å². The van der Waals surface area contributed by atoms with Crippen LogP contribution in [0.3, 0.4) is 0 Å². The summed E-state index contributed by atoms with van der Waals surface area (Å²) in [5.74, 6) is 0. The van der Waals surface area contributed by atoms with Crippen LogP contribution in [0.1, 0.15) is 39.5 Å². The van der Waals surface area contributed by atoms with Gasteiger partial charge < -0.3 is 5.11 Å². The number of aliphatic hydroxyl groups excluding tert-OH is 1. The third-order valence-corrected chi connectivity index (χ3v) is 3.23. The van der Waals surface area contributed by atoms with E-state index in [4.69, 9.17) is 11.6 Å². The van der Waals surface area contributed by atoms with Crippen LogP contribution >= 0.6 is 11.6 Å². The van der Waals surface area contributed by atoms with Crippen molar-refractivity contribution < 1.29 is 5.11 Å². The van der Waals surface area contributed by atoms with E-state index in [1.54, 1.807) is 0 Å². The number of rotatable bonds is 2. The molecule has 0 bridgehead atoms. The van der Waals surface area contributed by atoms with E-state index in [2.05, 4.69) is 19.9 Å². The standard InChI is InChI=1S/C10H17ClO/c1-3-10(2,11)8-4-6-9(12)7-5-8/h4,9,12H,3,5-7H2,1-2H3. The molecule has 1 aliphatic rings. The molecule has 70 valence electrons. The van der Waals surface area contributed by atoms with Gasteiger partial charge in [0.15, 0.2) is 0 Å². The molecular formula is C10H17ClO. The molecule has 1 rings (SSSR count). The normalized spacial score (nSPS) is 29.3. The third kappa shape index (κ3) is 2.24. The maximum Gasteiger partial charge on any atom is 0.0624 e. The molecule has 1 nitrogen and oxygen atoms in total. The highest BCUT2D eigenvalue weighted by Crippen LogP contribution is 2.34. The second-order valence-corrected chi connectivity index (χ2v) is 4.54. The van der Waals surface area contributed by atoms with Crippen molar-refractivity contribution in [2.45, 2.75) is 50.5 Å². The van der Waals surface area contributed by atoms with Crippen LogP contribution in [0, 0.1) is 0 Å². The minimum absolute atomic E-state index is 0.141. The lowest BCUT2D eigenvalue weighted by molar-refractivity contribution is 0.161. The summed E-state index contributed by atoms with van der Waals surface area (Å²) in [6.45, 7) is 4.15. The summed E-state index contributed by atoms with van der Waals surface area (Å²) >= 11 is 6.30. The molecule has 0 saturated carbocycles. The summed E-state index contributed by atoms with van der Waals surface area (Å²) < 4.78 is 0. The first-order valence-electron chi connectivity index (χ1n) is 4.62. The SMILES string of the molecule is CCC(C)(Cl)C1=CCC(O)CC1. The molecule has 0 aromatic carbocycles. The maximum atomic E-state index is 9.28. The zero-order valence-electron chi connectivity index (χ0n) is 7.81. The lowest BCUT2D eigenvalue weighted by Crippen LogP contribution is -2.23. The van der Waals surface area contributed by atoms with Crippen LogP contribution in [0.5, 0.6) is 0 Å². The predicted molar refractivity (Wildman–Crippen MR) is 52.5 cm³/mol. The summed E-state index contributed by atoms with van der Waals surface area (Å²) in [5.41, 5.74) is 1.30. The Bertz CT molecular complexity index is 184. The Balaban J connectivity index is 2.64. The summed E-state index contributed by atoms with van der Waals surface area (Å²) in [6.07, 6.45) is 5.51. The molecule has 1 N–H and O–H groups in total. The highest BCUT2D eigenvalue weighted by molar-refractivity contribution is 6.25. The number of aliphatic hydroxyl groups is 1. The molecule has 0 saturated heterocycles. The second kappa shape index (κ2) is 3.80. The van der Waals surface area contributed by atoms with Gasteiger partial charge in [0.25, 0.3) is 0 Å². The predicted octanol–water partition coefficient (Wildman–Crippen LogP) is 2.87. The van der Waals surface area contributed by atoms with E-state index in [0.29, 0.717) is 0 Å². The van der Waals surface area contributed by atoms with Gasteiger partial charge in [0.2, 0.25) is 0 Å². The molecule has 0 radical (unpaired) electrons. The molecular weight excluding hydrogens is 172 g/mol. The van der Waals surface area contributed by atoms with Crippen LogP contribution in [0.4, 0.5) is 0 Å². The number of hydrogen-bond acceptors (Lipinski definition) is 1. The van der Waals surface area contributed by atoms with E-state index in [-0.39, 0.29) is 11.0 Å². The first-order chi connectivity index (χ1) is 5.56. The molecule has 0 spiro atoms. The topological polar surface area (TPSA) is 20.2 Å². The minimum atomic E-state index is -0.180. The monoisotopic (exact) mass is 188 g/mol. The Labute approximate surface area is 79.4 Å². The van der Waals surface area contributed by atoms with E-state index in [1.807, 2.05) is 0 Å². The van der Waals surface area contributed by atoms with Gasteiger partial charge >= 0.3 is 0 Å². The minimum Gasteiger partial charge on any atom is -0.393 e. The van der Waals surface area contributed by atoms with E-state index >= 15 is 0 Å². The van der Waals surface area contributed by atoms with E-state index < -0.39 is 0 Å². The van der Waals surface area contributed by atoms with Gasteiger partial charge in [-0.3, -0.25) is 0 Å². The largest absolute Gasteiger partial charge is 0.393 e. The first kappa shape index (κ1) is 10.1. The maximum absolute atomic E-state index is 9.28. The fraction of sp³-hybridized carbons (Fsp3) is 0.800. The molecule has 2 unspecified atom stereocenters. The molecule has 0 aromatic rings. The summed E-state index contributed by atoms with van der Waals surface area (Å²) in [5, 5.41) is 9.28. The van der Waals surface area contributed by atoms with Gasteiger partial charge in [0.1, 0.15) is 0 Å². The van der Waals surface area contributed by atoms with Crippen LogP contribution in [-0.2, 0) is 0 Å². The van der Waals surface area contributed by atoms with Crippen LogP contribution in [0.2, 0.25) is 0 Å². The average molecular weight is 189 g/mol. The zero-order valence-corrected chi connectivity index (χ0v) is 8.56. The number of alkyl halides is 1. The van der Waals surface area contributed by atoms with Crippen molar-refractivity contribution in [3.63, 3.8) is 0 Å². The van der Waals surface area contributed by atoms with Crippen molar-refractivity contribution in [3.05, 3.63) is 11.6 Å². The highest BCUT2D eigenvalue weighted by atomic mass is 35.5. The quantitative estimate of drug-likeness (QED) is 0.522. The van der Waals surface area contributed by atoms with Gasteiger partial charge in [0, 0.05) is 0 Å². The average Bonchev–Trinajstić information content (AvgIpc) is 2.05. The van der Waals surface area contributed by atoms with Crippen molar-refractivity contribution in [2.75, 3.05) is 0 Å². The summed E-state index contributed by atoms with van der Waals surface area (Å²) in [7, 11) is 0. The van der Waals surface area contributed by atoms with E-state index in [9.17, 15) is 5.11 Å². The van der Waals surface area contributed by atoms with Crippen molar-refractivity contribution in [3.8, 4) is 0 Å². The summed E-state index contributed by atoms with van der Waals surface area (Å²) in [4.78, 5) is -0.180. The van der Waals surface area contributed by atoms with Crippen LogP contribution in [-0.4, -0.2) is 16.1 Å². The second-order valence-electron chi connectivity index (χ2n) is 3.71. The molecule has 12 heavy (non-hydrogen) atoms. The lowest BCUT2D eigenvalue weighted by Gasteiger charge is -2.28. The Morgan fingerprint density at radius 3 is 2.83 bits per heavy atom. The van der Waals surface area contributed by atoms with Crippen LogP contribution < -0.4 is 0 Å². The van der Waals surface area contributed by atoms with Crippen molar-refractivity contribution in [1.82, 2.24) is 0 Å². The molecule has 0 amide bonds. The van der Waals surface area contributed by atoms with Crippen LogP contribution in [0.25, 0.3) is 0 Å². The van der Waals surface area contributed by atoms with Gasteiger partial charge in [-0.15, -0.1) is 11.6 Å². The van der Waals surface area contributed by atoms with Gasteiger partial charge in [-0.05, 0) is 32.6 Å². The Morgan fingerprint density at radius 2 is 2.42 bits per heavy atom. The number of hydrogen-bond donors (Lipinski definition) is 1. The molecule has 2 heteroatoms. The molecule has 0 heterocycles. The molecule has 1 aliphatic carbocycles. The van der Waals surface area contributed by atoms with Gasteiger partial charge in [-0.2, -0.15) is 0 Å². The highest BCUT2D eigenvalue weighted by Gasteiger charge is 2.26. The molecule has 0 aromatic heterocycles. The van der Waals surface area contributed by atoms with Crippen LogP contribution in [0.15, 0.2) is 11.6 Å². The van der Waals surface area contributed by atoms with Crippen molar-refractivity contribution >= 4 is 11.6 Å². The van der Waals surface area contributed by atoms with Crippen molar-refractivity contribution in [2.24, 2.45) is 0 Å². The van der Waals surface area contributed by atoms with Gasteiger partial charge in [-0.25, -0.2) is 0 Å². The third-order valence-electron chi connectivity index (χ3n) is 2.72. The zero-order chi connectivity index (χ0) is 9.19. The number of allylic oxidation sites excluding steroid dienone is 1. The van der Waals surface area contributed by atoms with Gasteiger partial charge in [0.05, 0.1) is 11.0 Å². The summed E-state index contributed by atoms with van der Waals surface area (Å²) in [6, 6.07) is 0. The Morgan fingerprint density at radius 1 is 1.75 bits per heavy atom. The fourth-order valence-corrected chi connectivity index (χ4v) is 1.69. The van der Waals surface area contributed by atoms with Gasteiger partial charge in [-0.1, -0.05) is 18.6 Å². The molecule has 0 aliphatic heterocycles. The molecule has 2 atom stereocenters. The van der Waals surface area contributed by atoms with Crippen molar-refractivity contribution in [1.29, 1.82) is 0 Å². The Hall–Kier alpha value is -0.0100. The smallest absolute Gasteiger partial charge is 0.0624 e.